The molecule has 0 aliphatic heterocycles. The zero-order valence-electron chi connectivity index (χ0n) is 16.1. The first-order valence-corrected chi connectivity index (χ1v) is 11.3. The van der Waals surface area contributed by atoms with E-state index < -0.39 is 25.1 Å². The Morgan fingerprint density at radius 1 is 0.833 bits per heavy atom. The molecule has 11 heteroatoms. The summed E-state index contributed by atoms with van der Waals surface area (Å²) in [4.78, 5) is -0.764. The molecule has 30 heavy (non-hydrogen) atoms. The van der Waals surface area contributed by atoms with E-state index in [0.29, 0.717) is 16.5 Å². The lowest BCUT2D eigenvalue weighted by atomic mass is 10.1. The molecule has 0 atom stereocenters. The van der Waals surface area contributed by atoms with E-state index in [1.165, 1.54) is 38.3 Å². The Hall–Kier alpha value is -2.86. The van der Waals surface area contributed by atoms with Crippen LogP contribution >= 0.6 is 0 Å². The molecule has 0 spiro atoms. The van der Waals surface area contributed by atoms with Crippen LogP contribution in [0.1, 0.15) is 11.1 Å². The molecule has 0 radical (unpaired) electrons. The molecule has 0 fully saturated rings. The number of azo groups is 1. The van der Waals surface area contributed by atoms with Gasteiger partial charge in [0.05, 0.1) is 22.6 Å². The van der Waals surface area contributed by atoms with E-state index in [2.05, 4.69) is 10.2 Å². The maximum atomic E-state index is 11.4. The number of ether oxygens (including phenoxy) is 1. The SMILES string of the molecule is COc1cc(S(=O)(=O)[O-])c(C)cc1N=Nc1c(C)ccc2cc(S(=O)(=O)[O-])ccc12. The number of rotatable bonds is 5. The number of benzene rings is 3. The normalized spacial score (nSPS) is 12.6. The molecule has 0 unspecified atom stereocenters. The van der Waals surface area contributed by atoms with Crippen molar-refractivity contribution in [3.8, 4) is 5.75 Å². The molecule has 0 amide bonds. The highest BCUT2D eigenvalue weighted by atomic mass is 32.2. The predicted octanol–water partition coefficient (Wildman–Crippen LogP) is 3.69. The van der Waals surface area contributed by atoms with Crippen molar-refractivity contribution < 1.29 is 30.7 Å². The van der Waals surface area contributed by atoms with E-state index in [1.54, 1.807) is 19.1 Å². The molecule has 3 rings (SSSR count). The maximum absolute atomic E-state index is 11.4. The number of hydrogen-bond acceptors (Lipinski definition) is 9. The highest BCUT2D eigenvalue weighted by Crippen LogP contribution is 2.36. The van der Waals surface area contributed by atoms with Crippen LogP contribution < -0.4 is 4.74 Å². The van der Waals surface area contributed by atoms with Crippen LogP contribution in [-0.2, 0) is 20.2 Å². The van der Waals surface area contributed by atoms with E-state index in [0.717, 1.165) is 11.6 Å². The van der Waals surface area contributed by atoms with Crippen LogP contribution in [0.3, 0.4) is 0 Å². The Morgan fingerprint density at radius 2 is 1.53 bits per heavy atom. The van der Waals surface area contributed by atoms with Gasteiger partial charge < -0.3 is 13.8 Å². The molecule has 0 aliphatic carbocycles. The second-order valence-corrected chi connectivity index (χ2v) is 9.24. The van der Waals surface area contributed by atoms with Gasteiger partial charge in [-0.1, -0.05) is 18.2 Å². The Morgan fingerprint density at radius 3 is 2.13 bits per heavy atom. The predicted molar refractivity (Wildman–Crippen MR) is 107 cm³/mol. The number of nitrogens with zero attached hydrogens (tertiary/aromatic N) is 2. The summed E-state index contributed by atoms with van der Waals surface area (Å²) in [6, 6.07) is 9.75. The van der Waals surface area contributed by atoms with Crippen LogP contribution in [0.2, 0.25) is 0 Å². The molecule has 3 aromatic rings. The minimum absolute atomic E-state index is 0.0522. The fraction of sp³-hybridized carbons (Fsp3) is 0.158. The molecule has 0 saturated heterocycles. The van der Waals surface area contributed by atoms with Gasteiger partial charge in [0.25, 0.3) is 0 Å². The Bertz CT molecular complexity index is 1400. The van der Waals surface area contributed by atoms with E-state index >= 15 is 0 Å². The summed E-state index contributed by atoms with van der Waals surface area (Å²) < 4.78 is 73.0. The van der Waals surface area contributed by atoms with Crippen LogP contribution in [0.25, 0.3) is 10.8 Å². The largest absolute Gasteiger partial charge is 0.744 e. The standard InChI is InChI=1S/C19H18N2O7S2/c1-11-4-5-13-9-14(29(22,23)24)6-7-15(13)19(11)21-20-16-8-12(2)18(30(25,26)27)10-17(16)28-3/h4-10H,1-3H3,(H,22,23,24)(H,25,26,27)/p-2. The third kappa shape index (κ3) is 4.33. The van der Waals surface area contributed by atoms with Crippen LogP contribution in [0, 0.1) is 13.8 Å². The average molecular weight is 448 g/mol. The molecule has 0 N–H and O–H groups in total. The highest BCUT2D eigenvalue weighted by Gasteiger charge is 2.13. The van der Waals surface area contributed by atoms with E-state index in [4.69, 9.17) is 4.74 Å². The van der Waals surface area contributed by atoms with Gasteiger partial charge in [-0.25, -0.2) is 16.8 Å². The van der Waals surface area contributed by atoms with Gasteiger partial charge in [0.1, 0.15) is 31.7 Å². The minimum atomic E-state index is -4.68. The quantitative estimate of drug-likeness (QED) is 0.427. The van der Waals surface area contributed by atoms with Crippen molar-refractivity contribution >= 4 is 42.4 Å². The van der Waals surface area contributed by atoms with Gasteiger partial charge in [-0.3, -0.25) is 0 Å². The van der Waals surface area contributed by atoms with Crippen molar-refractivity contribution in [2.24, 2.45) is 10.2 Å². The lowest BCUT2D eigenvalue weighted by molar-refractivity contribution is 0.413. The van der Waals surface area contributed by atoms with Crippen LogP contribution in [0.4, 0.5) is 11.4 Å². The van der Waals surface area contributed by atoms with Crippen LogP contribution in [0.15, 0.2) is 62.5 Å². The van der Waals surface area contributed by atoms with Crippen molar-refractivity contribution in [2.45, 2.75) is 23.6 Å². The van der Waals surface area contributed by atoms with E-state index in [9.17, 15) is 25.9 Å². The molecule has 0 heterocycles. The third-order valence-electron chi connectivity index (χ3n) is 4.46. The lowest BCUT2D eigenvalue weighted by Gasteiger charge is -2.13. The number of fused-ring (bicyclic) bond motifs is 1. The zero-order chi connectivity index (χ0) is 22.3. The summed E-state index contributed by atoms with van der Waals surface area (Å²) in [5, 5.41) is 9.42. The molecule has 0 bridgehead atoms. The summed E-state index contributed by atoms with van der Waals surface area (Å²) in [6.07, 6.45) is 0. The van der Waals surface area contributed by atoms with Crippen LogP contribution in [0.5, 0.6) is 5.75 Å². The summed E-state index contributed by atoms with van der Waals surface area (Å²) in [6.45, 7) is 3.24. The first kappa shape index (κ1) is 21.8. The lowest BCUT2D eigenvalue weighted by Crippen LogP contribution is -2.02. The molecule has 0 aromatic heterocycles. The number of methoxy groups -OCH3 is 1. The van der Waals surface area contributed by atoms with Crippen molar-refractivity contribution in [1.29, 1.82) is 0 Å². The average Bonchev–Trinajstić information content (AvgIpc) is 2.65. The summed E-state index contributed by atoms with van der Waals surface area (Å²) in [5.41, 5.74) is 1.57. The van der Waals surface area contributed by atoms with Crippen molar-refractivity contribution in [3.63, 3.8) is 0 Å². The fourth-order valence-corrected chi connectivity index (χ4v) is 4.17. The van der Waals surface area contributed by atoms with Gasteiger partial charge in [0.2, 0.25) is 0 Å². The number of aryl methyl sites for hydroxylation is 2. The topological polar surface area (TPSA) is 148 Å². The Balaban J connectivity index is 2.14. The highest BCUT2D eigenvalue weighted by molar-refractivity contribution is 7.86. The van der Waals surface area contributed by atoms with Gasteiger partial charge in [-0.2, -0.15) is 0 Å². The summed E-state index contributed by atoms with van der Waals surface area (Å²) in [5.74, 6) is 0.0522. The second kappa shape index (κ2) is 7.76. The summed E-state index contributed by atoms with van der Waals surface area (Å²) in [7, 11) is -7.97. The molecule has 0 aliphatic rings. The first-order valence-electron chi connectivity index (χ1n) is 8.47. The molecular weight excluding hydrogens is 432 g/mol. The van der Waals surface area contributed by atoms with Crippen molar-refractivity contribution in [1.82, 2.24) is 0 Å². The van der Waals surface area contributed by atoms with E-state index in [-0.39, 0.29) is 21.9 Å². The first-order chi connectivity index (χ1) is 13.9. The number of hydrogen-bond donors (Lipinski definition) is 0. The Kier molecular flexibility index (Phi) is 5.65. The Labute approximate surface area is 173 Å². The monoisotopic (exact) mass is 448 g/mol. The molecular formula is C19H16N2O7S2-2. The molecule has 0 saturated carbocycles. The van der Waals surface area contributed by atoms with Gasteiger partial charge in [0.15, 0.2) is 0 Å². The van der Waals surface area contributed by atoms with E-state index in [1.807, 2.05) is 0 Å². The van der Waals surface area contributed by atoms with Gasteiger partial charge in [0, 0.05) is 11.5 Å². The third-order valence-corrected chi connectivity index (χ3v) is 6.27. The van der Waals surface area contributed by atoms with Gasteiger partial charge in [-0.15, -0.1) is 10.2 Å². The summed E-state index contributed by atoms with van der Waals surface area (Å²) >= 11 is 0. The van der Waals surface area contributed by atoms with Gasteiger partial charge >= 0.3 is 0 Å². The molecule has 3 aromatic carbocycles. The minimum Gasteiger partial charge on any atom is -0.744 e. The molecule has 9 nitrogen and oxygen atoms in total. The smallest absolute Gasteiger partial charge is 0.147 e. The van der Waals surface area contributed by atoms with Crippen molar-refractivity contribution in [3.05, 3.63) is 53.6 Å². The fourth-order valence-electron chi connectivity index (χ4n) is 2.96. The van der Waals surface area contributed by atoms with Crippen LogP contribution in [-0.4, -0.2) is 33.1 Å². The zero-order valence-corrected chi connectivity index (χ0v) is 17.7. The molecule has 158 valence electrons. The second-order valence-electron chi connectivity index (χ2n) is 6.51. The van der Waals surface area contributed by atoms with Gasteiger partial charge in [-0.05, 0) is 48.6 Å². The van der Waals surface area contributed by atoms with Crippen molar-refractivity contribution in [2.75, 3.05) is 7.11 Å². The maximum Gasteiger partial charge on any atom is 0.147 e.